The molecule has 19 heavy (non-hydrogen) atoms. The standard InChI is InChI=1S/C14H16N2O3/c1-18-10-8-15-11-4-6-12(7-5-11)16-14(17)13-3-2-9-19-13/h2-7,9,15H,8,10H2,1H3,(H,16,17). The number of rotatable bonds is 6. The predicted molar refractivity (Wildman–Crippen MR) is 73.5 cm³/mol. The Kier molecular flexibility index (Phi) is 4.58. The van der Waals surface area contributed by atoms with Crippen molar-refractivity contribution < 1.29 is 13.9 Å². The zero-order valence-electron chi connectivity index (χ0n) is 10.7. The van der Waals surface area contributed by atoms with Crippen molar-refractivity contribution in [1.82, 2.24) is 0 Å². The highest BCUT2D eigenvalue weighted by Crippen LogP contribution is 2.14. The minimum absolute atomic E-state index is 0.259. The van der Waals surface area contributed by atoms with Gasteiger partial charge in [0.2, 0.25) is 0 Å². The van der Waals surface area contributed by atoms with Crippen LogP contribution in [0.2, 0.25) is 0 Å². The molecule has 0 radical (unpaired) electrons. The van der Waals surface area contributed by atoms with Gasteiger partial charge in [-0.1, -0.05) is 0 Å². The summed E-state index contributed by atoms with van der Waals surface area (Å²) in [6.45, 7) is 1.39. The summed E-state index contributed by atoms with van der Waals surface area (Å²) >= 11 is 0. The normalized spacial score (nSPS) is 10.2. The third-order valence-corrected chi connectivity index (χ3v) is 2.52. The van der Waals surface area contributed by atoms with Gasteiger partial charge in [-0.25, -0.2) is 0 Å². The van der Waals surface area contributed by atoms with Crippen LogP contribution < -0.4 is 10.6 Å². The van der Waals surface area contributed by atoms with Gasteiger partial charge in [-0.15, -0.1) is 0 Å². The Balaban J connectivity index is 1.90. The van der Waals surface area contributed by atoms with Gasteiger partial charge in [-0.2, -0.15) is 0 Å². The number of anilines is 2. The van der Waals surface area contributed by atoms with Crippen LogP contribution >= 0.6 is 0 Å². The number of nitrogens with one attached hydrogen (secondary N) is 2. The van der Waals surface area contributed by atoms with Crippen LogP contribution in [0.15, 0.2) is 47.1 Å². The molecule has 1 aromatic heterocycles. The SMILES string of the molecule is COCCNc1ccc(NC(=O)c2ccco2)cc1. The number of benzene rings is 1. The van der Waals surface area contributed by atoms with E-state index in [0.717, 1.165) is 17.9 Å². The van der Waals surface area contributed by atoms with E-state index in [4.69, 9.17) is 9.15 Å². The van der Waals surface area contributed by atoms with Gasteiger partial charge in [0.05, 0.1) is 12.9 Å². The first-order valence-electron chi connectivity index (χ1n) is 5.97. The quantitative estimate of drug-likeness (QED) is 0.784. The second-order valence-corrected chi connectivity index (χ2v) is 3.93. The van der Waals surface area contributed by atoms with Crippen LogP contribution in [0.25, 0.3) is 0 Å². The number of methoxy groups -OCH3 is 1. The summed E-state index contributed by atoms with van der Waals surface area (Å²) in [4.78, 5) is 11.7. The monoisotopic (exact) mass is 260 g/mol. The number of carbonyl (C=O) groups is 1. The molecule has 2 aromatic rings. The van der Waals surface area contributed by atoms with Crippen LogP contribution in [0.3, 0.4) is 0 Å². The Morgan fingerprint density at radius 2 is 1.95 bits per heavy atom. The van der Waals surface area contributed by atoms with Gasteiger partial charge in [-0.05, 0) is 36.4 Å². The Morgan fingerprint density at radius 3 is 2.58 bits per heavy atom. The highest BCUT2D eigenvalue weighted by molar-refractivity contribution is 6.02. The van der Waals surface area contributed by atoms with E-state index in [1.165, 1.54) is 6.26 Å². The van der Waals surface area contributed by atoms with E-state index in [0.29, 0.717) is 12.4 Å². The molecule has 1 amide bonds. The van der Waals surface area contributed by atoms with Crippen molar-refractivity contribution in [3.8, 4) is 0 Å². The lowest BCUT2D eigenvalue weighted by Gasteiger charge is -2.07. The van der Waals surface area contributed by atoms with Crippen molar-refractivity contribution in [3.63, 3.8) is 0 Å². The van der Waals surface area contributed by atoms with Crippen LogP contribution in [0.5, 0.6) is 0 Å². The van der Waals surface area contributed by atoms with E-state index in [1.807, 2.05) is 24.3 Å². The minimum Gasteiger partial charge on any atom is -0.459 e. The van der Waals surface area contributed by atoms with E-state index >= 15 is 0 Å². The topological polar surface area (TPSA) is 63.5 Å². The summed E-state index contributed by atoms with van der Waals surface area (Å²) in [5.74, 6) is 0.0346. The fraction of sp³-hybridized carbons (Fsp3) is 0.214. The van der Waals surface area contributed by atoms with Crippen molar-refractivity contribution in [3.05, 3.63) is 48.4 Å². The molecule has 0 spiro atoms. The average molecular weight is 260 g/mol. The molecule has 100 valence electrons. The average Bonchev–Trinajstić information content (AvgIpc) is 2.95. The zero-order valence-corrected chi connectivity index (χ0v) is 10.7. The van der Waals surface area contributed by atoms with Gasteiger partial charge < -0.3 is 19.8 Å². The van der Waals surface area contributed by atoms with Gasteiger partial charge in [-0.3, -0.25) is 4.79 Å². The maximum Gasteiger partial charge on any atom is 0.291 e. The molecule has 1 heterocycles. The van der Waals surface area contributed by atoms with Crippen molar-refractivity contribution in [1.29, 1.82) is 0 Å². The maximum absolute atomic E-state index is 11.7. The lowest BCUT2D eigenvalue weighted by molar-refractivity contribution is 0.0996. The Morgan fingerprint density at radius 1 is 1.21 bits per heavy atom. The molecule has 0 bridgehead atoms. The highest BCUT2D eigenvalue weighted by atomic mass is 16.5. The maximum atomic E-state index is 11.7. The molecular formula is C14H16N2O3. The van der Waals surface area contributed by atoms with Crippen LogP contribution in [0, 0.1) is 0 Å². The lowest BCUT2D eigenvalue weighted by atomic mass is 10.2. The van der Waals surface area contributed by atoms with Gasteiger partial charge >= 0.3 is 0 Å². The second kappa shape index (κ2) is 6.61. The zero-order chi connectivity index (χ0) is 13.5. The molecule has 0 unspecified atom stereocenters. The van der Waals surface area contributed by atoms with Crippen LogP contribution in [0.1, 0.15) is 10.6 Å². The fourth-order valence-electron chi connectivity index (χ4n) is 1.57. The Bertz CT molecular complexity index is 506. The van der Waals surface area contributed by atoms with E-state index in [1.54, 1.807) is 19.2 Å². The molecule has 0 saturated heterocycles. The molecule has 0 aliphatic heterocycles. The van der Waals surface area contributed by atoms with Crippen molar-refractivity contribution in [2.24, 2.45) is 0 Å². The van der Waals surface area contributed by atoms with Crippen LogP contribution in [0.4, 0.5) is 11.4 Å². The first kappa shape index (κ1) is 13.2. The number of amides is 1. The highest BCUT2D eigenvalue weighted by Gasteiger charge is 2.08. The van der Waals surface area contributed by atoms with Crippen molar-refractivity contribution in [2.75, 3.05) is 30.9 Å². The van der Waals surface area contributed by atoms with Gasteiger partial charge in [0.1, 0.15) is 0 Å². The van der Waals surface area contributed by atoms with E-state index < -0.39 is 0 Å². The van der Waals surface area contributed by atoms with E-state index in [9.17, 15) is 4.79 Å². The molecule has 0 atom stereocenters. The first-order valence-corrected chi connectivity index (χ1v) is 5.97. The van der Waals surface area contributed by atoms with Crippen LogP contribution in [-0.4, -0.2) is 26.2 Å². The summed E-state index contributed by atoms with van der Waals surface area (Å²) < 4.78 is 9.97. The van der Waals surface area contributed by atoms with E-state index in [2.05, 4.69) is 10.6 Å². The first-order chi connectivity index (χ1) is 9.29. The summed E-state index contributed by atoms with van der Waals surface area (Å²) in [5.41, 5.74) is 1.70. The summed E-state index contributed by atoms with van der Waals surface area (Å²) in [7, 11) is 1.66. The molecule has 5 heteroatoms. The smallest absolute Gasteiger partial charge is 0.291 e. The molecule has 0 saturated carbocycles. The van der Waals surface area contributed by atoms with Gasteiger partial charge in [0.25, 0.3) is 5.91 Å². The molecular weight excluding hydrogens is 244 g/mol. The van der Waals surface area contributed by atoms with Crippen molar-refractivity contribution >= 4 is 17.3 Å². The molecule has 0 aliphatic rings. The molecule has 2 rings (SSSR count). The number of furan rings is 1. The third kappa shape index (κ3) is 3.86. The predicted octanol–water partition coefficient (Wildman–Crippen LogP) is 2.59. The van der Waals surface area contributed by atoms with Gasteiger partial charge in [0.15, 0.2) is 5.76 Å². The molecule has 1 aromatic carbocycles. The second-order valence-electron chi connectivity index (χ2n) is 3.93. The number of carbonyl (C=O) groups excluding carboxylic acids is 1. The van der Waals surface area contributed by atoms with Gasteiger partial charge in [0, 0.05) is 25.0 Å². The summed E-state index contributed by atoms with van der Waals surface area (Å²) in [6, 6.07) is 10.8. The van der Waals surface area contributed by atoms with E-state index in [-0.39, 0.29) is 5.91 Å². The lowest BCUT2D eigenvalue weighted by Crippen LogP contribution is -2.11. The van der Waals surface area contributed by atoms with Crippen LogP contribution in [-0.2, 0) is 4.74 Å². The number of ether oxygens (including phenoxy) is 1. The Labute approximate surface area is 111 Å². The molecule has 2 N–H and O–H groups in total. The largest absolute Gasteiger partial charge is 0.459 e. The number of hydrogen-bond donors (Lipinski definition) is 2. The third-order valence-electron chi connectivity index (χ3n) is 2.52. The summed E-state index contributed by atoms with van der Waals surface area (Å²) in [6.07, 6.45) is 1.47. The molecule has 5 nitrogen and oxygen atoms in total. The van der Waals surface area contributed by atoms with Crippen molar-refractivity contribution in [2.45, 2.75) is 0 Å². The molecule has 0 fully saturated rings. The minimum atomic E-state index is -0.259. The Hall–Kier alpha value is -2.27. The number of hydrogen-bond acceptors (Lipinski definition) is 4. The fourth-order valence-corrected chi connectivity index (χ4v) is 1.57. The molecule has 0 aliphatic carbocycles. The summed E-state index contributed by atoms with van der Waals surface area (Å²) in [5, 5.41) is 5.95.